The second-order valence-electron chi connectivity index (χ2n) is 3.98. The third-order valence-corrected chi connectivity index (χ3v) is 2.37. The summed E-state index contributed by atoms with van der Waals surface area (Å²) in [5.74, 6) is -1.08. The van der Waals surface area contributed by atoms with Crippen LogP contribution in [0, 0.1) is 0 Å². The summed E-state index contributed by atoms with van der Waals surface area (Å²) >= 11 is 0. The maximum Gasteiger partial charge on any atom is 0.328 e. The van der Waals surface area contributed by atoms with Gasteiger partial charge in [0.1, 0.15) is 6.04 Å². The predicted octanol–water partition coefficient (Wildman–Crippen LogP) is 0.936. The molecule has 19 heavy (non-hydrogen) atoms. The van der Waals surface area contributed by atoms with Gasteiger partial charge in [-0.05, 0) is 31.2 Å². The number of anilines is 1. The molecule has 1 aromatic carbocycles. The Bertz CT molecular complexity index is 482. The number of methoxy groups -OCH3 is 1. The fourth-order valence-electron chi connectivity index (χ4n) is 1.42. The molecule has 0 aromatic heterocycles. The van der Waals surface area contributed by atoms with Gasteiger partial charge in [-0.15, -0.1) is 0 Å². The Hall–Kier alpha value is -2.37. The van der Waals surface area contributed by atoms with Crippen molar-refractivity contribution in [1.82, 2.24) is 5.32 Å². The first-order chi connectivity index (χ1) is 8.93. The Morgan fingerprint density at radius 3 is 2.21 bits per heavy atom. The van der Waals surface area contributed by atoms with Gasteiger partial charge < -0.3 is 15.4 Å². The molecule has 1 atom stereocenters. The van der Waals surface area contributed by atoms with Crippen LogP contribution in [0.1, 0.15) is 24.2 Å². The highest BCUT2D eigenvalue weighted by molar-refractivity contribution is 5.97. The number of hydrogen-bond donors (Lipinski definition) is 2. The van der Waals surface area contributed by atoms with Crippen molar-refractivity contribution in [3.63, 3.8) is 0 Å². The number of carbonyl (C=O) groups is 3. The quantitative estimate of drug-likeness (QED) is 0.792. The zero-order chi connectivity index (χ0) is 14.4. The molecule has 1 aromatic rings. The molecule has 6 nitrogen and oxygen atoms in total. The topological polar surface area (TPSA) is 84.5 Å². The first kappa shape index (κ1) is 14.7. The molecule has 2 amide bonds. The van der Waals surface area contributed by atoms with Crippen LogP contribution in [0.25, 0.3) is 0 Å². The Morgan fingerprint density at radius 1 is 1.16 bits per heavy atom. The van der Waals surface area contributed by atoms with Crippen LogP contribution in [0.5, 0.6) is 0 Å². The minimum absolute atomic E-state index is 0.184. The molecule has 6 heteroatoms. The van der Waals surface area contributed by atoms with Gasteiger partial charge in [-0.3, -0.25) is 9.59 Å². The van der Waals surface area contributed by atoms with Crippen molar-refractivity contribution in [2.75, 3.05) is 12.4 Å². The van der Waals surface area contributed by atoms with Crippen LogP contribution in [0.3, 0.4) is 0 Å². The highest BCUT2D eigenvalue weighted by atomic mass is 16.5. The van der Waals surface area contributed by atoms with Gasteiger partial charge in [0.15, 0.2) is 0 Å². The molecule has 0 saturated carbocycles. The molecule has 0 aliphatic heterocycles. The number of carbonyl (C=O) groups excluding carboxylic acids is 3. The number of esters is 1. The summed E-state index contributed by atoms with van der Waals surface area (Å²) in [5.41, 5.74) is 0.995. The minimum atomic E-state index is -0.715. The first-order valence-electron chi connectivity index (χ1n) is 5.70. The summed E-state index contributed by atoms with van der Waals surface area (Å²) < 4.78 is 4.51. The number of hydrogen-bond acceptors (Lipinski definition) is 4. The van der Waals surface area contributed by atoms with Gasteiger partial charge in [0.2, 0.25) is 5.91 Å². The number of nitrogens with one attached hydrogen (secondary N) is 2. The van der Waals surface area contributed by atoms with E-state index in [2.05, 4.69) is 15.4 Å². The predicted molar refractivity (Wildman–Crippen MR) is 69.7 cm³/mol. The monoisotopic (exact) mass is 264 g/mol. The lowest BCUT2D eigenvalue weighted by Gasteiger charge is -2.11. The number of rotatable bonds is 4. The minimum Gasteiger partial charge on any atom is -0.467 e. The van der Waals surface area contributed by atoms with E-state index in [-0.39, 0.29) is 11.8 Å². The van der Waals surface area contributed by atoms with Crippen LogP contribution in [0.4, 0.5) is 5.69 Å². The van der Waals surface area contributed by atoms with E-state index in [0.717, 1.165) is 0 Å². The van der Waals surface area contributed by atoms with E-state index >= 15 is 0 Å². The molecule has 1 rings (SSSR count). The van der Waals surface area contributed by atoms with E-state index in [1.165, 1.54) is 21.0 Å². The van der Waals surface area contributed by atoms with E-state index in [9.17, 15) is 14.4 Å². The Labute approximate surface area is 111 Å². The fraction of sp³-hybridized carbons (Fsp3) is 0.308. The smallest absolute Gasteiger partial charge is 0.328 e. The molecule has 0 spiro atoms. The van der Waals surface area contributed by atoms with E-state index < -0.39 is 12.0 Å². The Kier molecular flexibility index (Phi) is 5.05. The maximum absolute atomic E-state index is 11.8. The van der Waals surface area contributed by atoms with Crippen molar-refractivity contribution in [2.45, 2.75) is 19.9 Å². The van der Waals surface area contributed by atoms with Crippen molar-refractivity contribution >= 4 is 23.5 Å². The van der Waals surface area contributed by atoms with Crippen molar-refractivity contribution in [1.29, 1.82) is 0 Å². The van der Waals surface area contributed by atoms with Crippen LogP contribution in [-0.4, -0.2) is 30.9 Å². The zero-order valence-corrected chi connectivity index (χ0v) is 11.0. The summed E-state index contributed by atoms with van der Waals surface area (Å²) in [6.45, 7) is 2.94. The van der Waals surface area contributed by atoms with Gasteiger partial charge in [-0.2, -0.15) is 0 Å². The lowest BCUT2D eigenvalue weighted by atomic mass is 10.2. The lowest BCUT2D eigenvalue weighted by Crippen LogP contribution is -2.39. The maximum atomic E-state index is 11.8. The van der Waals surface area contributed by atoms with Gasteiger partial charge in [-0.25, -0.2) is 4.79 Å². The van der Waals surface area contributed by atoms with E-state index in [0.29, 0.717) is 11.3 Å². The average Bonchev–Trinajstić information content (AvgIpc) is 2.37. The molecule has 2 N–H and O–H groups in total. The van der Waals surface area contributed by atoms with Crippen molar-refractivity contribution in [3.8, 4) is 0 Å². The van der Waals surface area contributed by atoms with Crippen LogP contribution >= 0.6 is 0 Å². The zero-order valence-electron chi connectivity index (χ0n) is 11.0. The van der Waals surface area contributed by atoms with Crippen LogP contribution in [0.15, 0.2) is 24.3 Å². The second-order valence-corrected chi connectivity index (χ2v) is 3.98. The normalized spacial score (nSPS) is 11.3. The fourth-order valence-corrected chi connectivity index (χ4v) is 1.42. The average molecular weight is 264 g/mol. The summed E-state index contributed by atoms with van der Waals surface area (Å²) in [6, 6.07) is 5.63. The molecule has 0 aliphatic carbocycles. The highest BCUT2D eigenvalue weighted by Crippen LogP contribution is 2.09. The SMILES string of the molecule is COC(=O)[C@H](C)NC(=O)c1ccc(NC(C)=O)cc1. The third kappa shape index (κ3) is 4.42. The lowest BCUT2D eigenvalue weighted by molar-refractivity contribution is -0.142. The highest BCUT2D eigenvalue weighted by Gasteiger charge is 2.16. The summed E-state index contributed by atoms with van der Waals surface area (Å²) in [7, 11) is 1.26. The molecular formula is C13H16N2O4. The van der Waals surface area contributed by atoms with Crippen molar-refractivity contribution < 1.29 is 19.1 Å². The van der Waals surface area contributed by atoms with E-state index in [1.54, 1.807) is 24.3 Å². The van der Waals surface area contributed by atoms with Gasteiger partial charge in [0.25, 0.3) is 5.91 Å². The first-order valence-corrected chi connectivity index (χ1v) is 5.70. The molecule has 0 radical (unpaired) electrons. The molecule has 0 bridgehead atoms. The molecule has 0 heterocycles. The largest absolute Gasteiger partial charge is 0.467 e. The van der Waals surface area contributed by atoms with Gasteiger partial charge >= 0.3 is 5.97 Å². The molecule has 0 aliphatic rings. The van der Waals surface area contributed by atoms with Gasteiger partial charge in [-0.1, -0.05) is 0 Å². The van der Waals surface area contributed by atoms with Crippen molar-refractivity contribution in [2.24, 2.45) is 0 Å². The number of benzene rings is 1. The number of amides is 2. The second kappa shape index (κ2) is 6.53. The Balaban J connectivity index is 2.67. The number of ether oxygens (including phenoxy) is 1. The van der Waals surface area contributed by atoms with Crippen LogP contribution < -0.4 is 10.6 Å². The summed E-state index contributed by atoms with van der Waals surface area (Å²) in [4.78, 5) is 33.8. The molecule has 0 saturated heterocycles. The third-order valence-electron chi connectivity index (χ3n) is 2.37. The van der Waals surface area contributed by atoms with Crippen LogP contribution in [0.2, 0.25) is 0 Å². The molecule has 0 unspecified atom stereocenters. The molecule has 102 valence electrons. The van der Waals surface area contributed by atoms with E-state index in [4.69, 9.17) is 0 Å². The van der Waals surface area contributed by atoms with Crippen molar-refractivity contribution in [3.05, 3.63) is 29.8 Å². The van der Waals surface area contributed by atoms with Gasteiger partial charge in [0, 0.05) is 18.2 Å². The summed E-state index contributed by atoms with van der Waals surface area (Å²) in [6.07, 6.45) is 0. The standard InChI is InChI=1S/C13H16N2O4/c1-8(13(18)19-3)14-12(17)10-4-6-11(7-5-10)15-9(2)16/h4-8H,1-3H3,(H,14,17)(H,15,16)/t8-/m0/s1. The van der Waals surface area contributed by atoms with Crippen LogP contribution in [-0.2, 0) is 14.3 Å². The Morgan fingerprint density at radius 2 is 1.74 bits per heavy atom. The van der Waals surface area contributed by atoms with E-state index in [1.807, 2.05) is 0 Å². The van der Waals surface area contributed by atoms with Gasteiger partial charge in [0.05, 0.1) is 7.11 Å². The molecule has 0 fully saturated rings. The molecular weight excluding hydrogens is 248 g/mol. The summed E-state index contributed by atoms with van der Waals surface area (Å²) in [5, 5.41) is 5.10.